The molecule has 0 atom stereocenters. The van der Waals surface area contributed by atoms with Gasteiger partial charge in [-0.3, -0.25) is 4.79 Å². The van der Waals surface area contributed by atoms with Crippen molar-refractivity contribution >= 4 is 22.9 Å². The van der Waals surface area contributed by atoms with Crippen molar-refractivity contribution in [2.75, 3.05) is 5.32 Å². The van der Waals surface area contributed by atoms with Crippen LogP contribution < -0.4 is 5.32 Å². The van der Waals surface area contributed by atoms with Gasteiger partial charge in [-0.05, 0) is 50.6 Å². The van der Waals surface area contributed by atoms with Gasteiger partial charge in [-0.15, -0.1) is 11.3 Å². The van der Waals surface area contributed by atoms with Gasteiger partial charge in [0.25, 0.3) is 5.91 Å². The third-order valence-electron chi connectivity index (χ3n) is 3.60. The van der Waals surface area contributed by atoms with Crippen LogP contribution >= 0.6 is 11.3 Å². The second kappa shape index (κ2) is 6.34. The topological polar surface area (TPSA) is 42.0 Å². The van der Waals surface area contributed by atoms with Crippen LogP contribution in [0.5, 0.6) is 0 Å². The van der Waals surface area contributed by atoms with Crippen molar-refractivity contribution in [2.45, 2.75) is 20.8 Å². The molecule has 0 aliphatic heterocycles. The lowest BCUT2D eigenvalue weighted by Crippen LogP contribution is -2.11. The normalized spacial score (nSPS) is 10.6. The van der Waals surface area contributed by atoms with Crippen molar-refractivity contribution in [1.29, 1.82) is 0 Å². The lowest BCUT2D eigenvalue weighted by molar-refractivity contribution is 0.102. The van der Waals surface area contributed by atoms with E-state index in [0.717, 1.165) is 27.5 Å². The molecule has 1 aromatic heterocycles. The Bertz CT molecular complexity index is 850. The Morgan fingerprint density at radius 2 is 1.78 bits per heavy atom. The Kier molecular flexibility index (Phi) is 4.26. The van der Waals surface area contributed by atoms with Gasteiger partial charge in [0.15, 0.2) is 0 Å². The average Bonchev–Trinajstić information content (AvgIpc) is 2.86. The van der Waals surface area contributed by atoms with Crippen molar-refractivity contribution in [3.8, 4) is 11.3 Å². The van der Waals surface area contributed by atoms with Gasteiger partial charge in [0.1, 0.15) is 0 Å². The van der Waals surface area contributed by atoms with Crippen molar-refractivity contribution in [3.05, 3.63) is 69.5 Å². The van der Waals surface area contributed by atoms with E-state index in [1.165, 1.54) is 4.88 Å². The molecule has 0 spiro atoms. The lowest BCUT2D eigenvalue weighted by atomic mass is 10.1. The molecule has 23 heavy (non-hydrogen) atoms. The maximum absolute atomic E-state index is 12.3. The van der Waals surface area contributed by atoms with E-state index in [0.29, 0.717) is 5.56 Å². The zero-order valence-electron chi connectivity index (χ0n) is 13.4. The first-order valence-electron chi connectivity index (χ1n) is 7.45. The first kappa shape index (κ1) is 15.4. The fourth-order valence-electron chi connectivity index (χ4n) is 2.50. The van der Waals surface area contributed by atoms with E-state index in [2.05, 4.69) is 17.2 Å². The molecule has 4 heteroatoms. The van der Waals surface area contributed by atoms with Gasteiger partial charge >= 0.3 is 0 Å². The van der Waals surface area contributed by atoms with Crippen molar-refractivity contribution in [1.82, 2.24) is 4.98 Å². The summed E-state index contributed by atoms with van der Waals surface area (Å²) in [6, 6.07) is 15.4. The van der Waals surface area contributed by atoms with Crippen LogP contribution in [0, 0.1) is 20.8 Å². The van der Waals surface area contributed by atoms with Crippen LogP contribution in [0.15, 0.2) is 48.5 Å². The van der Waals surface area contributed by atoms with Crippen LogP contribution in [0.3, 0.4) is 0 Å². The summed E-state index contributed by atoms with van der Waals surface area (Å²) in [5.41, 5.74) is 4.61. The minimum absolute atomic E-state index is 0.103. The molecule has 1 amide bonds. The molecule has 0 saturated heterocycles. The zero-order chi connectivity index (χ0) is 16.4. The largest absolute Gasteiger partial charge is 0.322 e. The molecule has 0 saturated carbocycles. The standard InChI is InChI=1S/C19H18N2OS/c1-12-5-4-6-17(11-12)21-19(22)16-9-7-15(8-10-16)18-13(2)23-14(3)20-18/h4-11H,1-3H3,(H,21,22). The van der Waals surface area contributed by atoms with Gasteiger partial charge < -0.3 is 5.32 Å². The maximum atomic E-state index is 12.3. The summed E-state index contributed by atoms with van der Waals surface area (Å²) in [6.45, 7) is 6.08. The molecular formula is C19H18N2OS. The first-order valence-corrected chi connectivity index (χ1v) is 8.27. The highest BCUT2D eigenvalue weighted by molar-refractivity contribution is 7.11. The first-order chi connectivity index (χ1) is 11.0. The molecule has 2 aromatic carbocycles. The number of rotatable bonds is 3. The molecule has 1 N–H and O–H groups in total. The Morgan fingerprint density at radius 1 is 1.04 bits per heavy atom. The molecule has 0 fully saturated rings. The number of hydrogen-bond acceptors (Lipinski definition) is 3. The van der Waals surface area contributed by atoms with Gasteiger partial charge in [0, 0.05) is 21.7 Å². The molecule has 0 bridgehead atoms. The summed E-state index contributed by atoms with van der Waals surface area (Å²) in [6.07, 6.45) is 0. The predicted octanol–water partition coefficient (Wildman–Crippen LogP) is 4.99. The van der Waals surface area contributed by atoms with Gasteiger partial charge in [0.05, 0.1) is 10.7 Å². The van der Waals surface area contributed by atoms with Crippen molar-refractivity contribution in [3.63, 3.8) is 0 Å². The monoisotopic (exact) mass is 322 g/mol. The highest BCUT2D eigenvalue weighted by Gasteiger charge is 2.10. The van der Waals surface area contributed by atoms with E-state index in [9.17, 15) is 4.79 Å². The molecule has 116 valence electrons. The summed E-state index contributed by atoms with van der Waals surface area (Å²) >= 11 is 1.69. The molecule has 3 nitrogen and oxygen atoms in total. The smallest absolute Gasteiger partial charge is 0.255 e. The minimum atomic E-state index is -0.103. The number of amides is 1. The second-order valence-electron chi connectivity index (χ2n) is 5.54. The molecule has 3 rings (SSSR count). The quantitative estimate of drug-likeness (QED) is 0.738. The van der Waals surface area contributed by atoms with Crippen LogP contribution in [-0.4, -0.2) is 10.9 Å². The van der Waals surface area contributed by atoms with Crippen LogP contribution in [0.4, 0.5) is 5.69 Å². The molecule has 1 heterocycles. The Labute approximate surface area is 140 Å². The number of nitrogens with one attached hydrogen (secondary N) is 1. The van der Waals surface area contributed by atoms with Crippen LogP contribution in [-0.2, 0) is 0 Å². The van der Waals surface area contributed by atoms with Gasteiger partial charge in [-0.25, -0.2) is 4.98 Å². The predicted molar refractivity (Wildman–Crippen MR) is 96.2 cm³/mol. The van der Waals surface area contributed by atoms with E-state index in [1.807, 2.05) is 62.4 Å². The Hall–Kier alpha value is -2.46. The second-order valence-corrected chi connectivity index (χ2v) is 6.95. The number of aromatic nitrogens is 1. The number of aryl methyl sites for hydroxylation is 3. The molecule has 0 radical (unpaired) electrons. The van der Waals surface area contributed by atoms with E-state index in [1.54, 1.807) is 11.3 Å². The summed E-state index contributed by atoms with van der Waals surface area (Å²) in [5.74, 6) is -0.103. The third-order valence-corrected chi connectivity index (χ3v) is 4.49. The lowest BCUT2D eigenvalue weighted by Gasteiger charge is -2.07. The minimum Gasteiger partial charge on any atom is -0.322 e. The van der Waals surface area contributed by atoms with Crippen molar-refractivity contribution < 1.29 is 4.79 Å². The summed E-state index contributed by atoms with van der Waals surface area (Å²) in [7, 11) is 0. The fourth-order valence-corrected chi connectivity index (χ4v) is 3.34. The SMILES string of the molecule is Cc1cccc(NC(=O)c2ccc(-c3nc(C)sc3C)cc2)c1. The van der Waals surface area contributed by atoms with E-state index < -0.39 is 0 Å². The molecular weight excluding hydrogens is 304 g/mol. The highest BCUT2D eigenvalue weighted by atomic mass is 32.1. The summed E-state index contributed by atoms with van der Waals surface area (Å²) < 4.78 is 0. The van der Waals surface area contributed by atoms with E-state index >= 15 is 0 Å². The van der Waals surface area contributed by atoms with E-state index in [-0.39, 0.29) is 5.91 Å². The van der Waals surface area contributed by atoms with Crippen LogP contribution in [0.2, 0.25) is 0 Å². The molecule has 0 aliphatic carbocycles. The number of thiazole rings is 1. The van der Waals surface area contributed by atoms with Crippen molar-refractivity contribution in [2.24, 2.45) is 0 Å². The molecule has 0 unspecified atom stereocenters. The molecule has 3 aromatic rings. The van der Waals surface area contributed by atoms with Gasteiger partial charge in [0.2, 0.25) is 0 Å². The molecule has 0 aliphatic rings. The number of carbonyl (C=O) groups is 1. The number of carbonyl (C=O) groups excluding carboxylic acids is 1. The number of benzene rings is 2. The van der Waals surface area contributed by atoms with Gasteiger partial charge in [-0.2, -0.15) is 0 Å². The Morgan fingerprint density at radius 3 is 2.39 bits per heavy atom. The maximum Gasteiger partial charge on any atom is 0.255 e. The zero-order valence-corrected chi connectivity index (χ0v) is 14.2. The van der Waals surface area contributed by atoms with Gasteiger partial charge in [-0.1, -0.05) is 24.3 Å². The third kappa shape index (κ3) is 3.48. The summed E-state index contributed by atoms with van der Waals surface area (Å²) in [5, 5.41) is 3.98. The van der Waals surface area contributed by atoms with E-state index in [4.69, 9.17) is 0 Å². The van der Waals surface area contributed by atoms with Crippen LogP contribution in [0.25, 0.3) is 11.3 Å². The fraction of sp³-hybridized carbons (Fsp3) is 0.158. The number of hydrogen-bond donors (Lipinski definition) is 1. The summed E-state index contributed by atoms with van der Waals surface area (Å²) in [4.78, 5) is 18.1. The Balaban J connectivity index is 1.79. The number of nitrogens with zero attached hydrogens (tertiary/aromatic N) is 1. The average molecular weight is 322 g/mol. The number of anilines is 1. The van der Waals surface area contributed by atoms with Crippen LogP contribution in [0.1, 0.15) is 25.8 Å². The highest BCUT2D eigenvalue weighted by Crippen LogP contribution is 2.27.